The van der Waals surface area contributed by atoms with Gasteiger partial charge in [0.05, 0.1) is 11.0 Å². The molecule has 0 aliphatic carbocycles. The van der Waals surface area contributed by atoms with E-state index < -0.39 is 11.1 Å². The molecule has 2 aromatic carbocycles. The second kappa shape index (κ2) is 6.81. The van der Waals surface area contributed by atoms with Crippen LogP contribution in [0.1, 0.15) is 30.0 Å². The smallest absolute Gasteiger partial charge is 0.317 e. The summed E-state index contributed by atoms with van der Waals surface area (Å²) in [7, 11) is 0. The number of nitrogens with one attached hydrogen (secondary N) is 2. The number of hydrogen-bond donors (Lipinski definition) is 2. The number of hydrogen-bond acceptors (Lipinski definition) is 3. The Bertz CT molecular complexity index is 1180. The fourth-order valence-corrected chi connectivity index (χ4v) is 4.24. The van der Waals surface area contributed by atoms with Crippen molar-refractivity contribution in [3.63, 3.8) is 0 Å². The molecule has 1 aliphatic rings. The summed E-state index contributed by atoms with van der Waals surface area (Å²) in [4.78, 5) is 39.9. The predicted octanol–water partition coefficient (Wildman–Crippen LogP) is 3.28. The second-order valence-electron chi connectivity index (χ2n) is 6.85. The highest BCUT2D eigenvalue weighted by Gasteiger charge is 2.26. The number of aryl methyl sites for hydroxylation is 2. The predicted molar refractivity (Wildman–Crippen MR) is 108 cm³/mol. The molecule has 6 nitrogen and oxygen atoms in total. The van der Waals surface area contributed by atoms with Crippen molar-refractivity contribution in [2.45, 2.75) is 32.2 Å². The summed E-state index contributed by atoms with van der Waals surface area (Å²) in [6, 6.07) is 10.9. The minimum absolute atomic E-state index is 0.141. The standard InChI is InChI=1S/C20H18BrN3O3/c1-11-4-2-3-5-15(11)22-17(25)10-14-7-6-12-8-13(21)9-16-18(12)24(14)20(27)19(26)23-16/h2-5,8-9,14H,6-7,10H2,1H3,(H,22,25)(H,23,26). The molecule has 2 N–H and O–H groups in total. The molecule has 0 saturated heterocycles. The largest absolute Gasteiger partial charge is 0.326 e. The number of rotatable bonds is 3. The van der Waals surface area contributed by atoms with E-state index in [1.54, 1.807) is 6.07 Å². The number of benzene rings is 2. The Morgan fingerprint density at radius 3 is 2.85 bits per heavy atom. The zero-order valence-corrected chi connectivity index (χ0v) is 16.3. The van der Waals surface area contributed by atoms with Gasteiger partial charge in [0, 0.05) is 22.6 Å². The van der Waals surface area contributed by atoms with Crippen molar-refractivity contribution in [3.05, 3.63) is 72.7 Å². The van der Waals surface area contributed by atoms with Gasteiger partial charge in [0.1, 0.15) is 0 Å². The molecule has 0 fully saturated rings. The second-order valence-corrected chi connectivity index (χ2v) is 7.77. The Labute approximate surface area is 163 Å². The van der Waals surface area contributed by atoms with Crippen LogP contribution in [0.4, 0.5) is 5.69 Å². The van der Waals surface area contributed by atoms with Gasteiger partial charge in [-0.15, -0.1) is 0 Å². The van der Waals surface area contributed by atoms with Crippen LogP contribution in [-0.4, -0.2) is 15.5 Å². The maximum Gasteiger partial charge on any atom is 0.317 e. The van der Waals surface area contributed by atoms with E-state index >= 15 is 0 Å². The fourth-order valence-electron chi connectivity index (χ4n) is 3.73. The molecule has 0 radical (unpaired) electrons. The molecular weight excluding hydrogens is 410 g/mol. The van der Waals surface area contributed by atoms with E-state index in [9.17, 15) is 14.4 Å². The summed E-state index contributed by atoms with van der Waals surface area (Å²) in [6.45, 7) is 1.93. The van der Waals surface area contributed by atoms with Crippen molar-refractivity contribution in [1.82, 2.24) is 9.55 Å². The Hall–Kier alpha value is -2.67. The zero-order chi connectivity index (χ0) is 19.1. The highest BCUT2D eigenvalue weighted by molar-refractivity contribution is 9.10. The first-order valence-corrected chi connectivity index (χ1v) is 9.56. The average Bonchev–Trinajstić information content (AvgIpc) is 2.62. The van der Waals surface area contributed by atoms with Crippen LogP contribution in [0.15, 0.2) is 50.5 Å². The fraction of sp³-hybridized carbons (Fsp3) is 0.250. The molecule has 7 heteroatoms. The third-order valence-corrected chi connectivity index (χ3v) is 5.47. The first kappa shape index (κ1) is 17.7. The highest BCUT2D eigenvalue weighted by Crippen LogP contribution is 2.32. The van der Waals surface area contributed by atoms with Crippen molar-refractivity contribution >= 4 is 38.6 Å². The summed E-state index contributed by atoms with van der Waals surface area (Å²) < 4.78 is 2.35. The van der Waals surface area contributed by atoms with Crippen molar-refractivity contribution in [2.24, 2.45) is 0 Å². The lowest BCUT2D eigenvalue weighted by molar-refractivity contribution is -0.117. The molecule has 138 valence electrons. The minimum Gasteiger partial charge on any atom is -0.326 e. The van der Waals surface area contributed by atoms with Gasteiger partial charge in [-0.05, 0) is 49.1 Å². The van der Waals surface area contributed by atoms with Crippen molar-refractivity contribution in [1.29, 1.82) is 0 Å². The first-order chi connectivity index (χ1) is 12.9. The van der Waals surface area contributed by atoms with E-state index in [2.05, 4.69) is 26.2 Å². The molecular formula is C20H18BrN3O3. The molecule has 1 aromatic heterocycles. The number of amides is 1. The van der Waals surface area contributed by atoms with Gasteiger partial charge in [-0.3, -0.25) is 19.0 Å². The summed E-state index contributed by atoms with van der Waals surface area (Å²) in [5, 5.41) is 2.91. The molecule has 0 saturated carbocycles. The average molecular weight is 428 g/mol. The van der Waals surface area contributed by atoms with Crippen LogP contribution < -0.4 is 16.4 Å². The molecule has 27 heavy (non-hydrogen) atoms. The molecule has 3 aromatic rings. The third-order valence-electron chi connectivity index (χ3n) is 5.01. The van der Waals surface area contributed by atoms with Crippen molar-refractivity contribution in [2.75, 3.05) is 5.32 Å². The summed E-state index contributed by atoms with van der Waals surface area (Å²) in [5.74, 6) is -0.171. The van der Waals surface area contributed by atoms with E-state index in [1.165, 1.54) is 4.57 Å². The van der Waals surface area contributed by atoms with E-state index in [1.807, 2.05) is 37.3 Å². The quantitative estimate of drug-likeness (QED) is 0.629. The lowest BCUT2D eigenvalue weighted by Crippen LogP contribution is -2.41. The van der Waals surface area contributed by atoms with Gasteiger partial charge in [-0.2, -0.15) is 0 Å². The third kappa shape index (κ3) is 3.23. The molecule has 1 unspecified atom stereocenters. The van der Waals surface area contributed by atoms with Gasteiger partial charge in [0.25, 0.3) is 0 Å². The van der Waals surface area contributed by atoms with E-state index in [0.717, 1.165) is 27.7 Å². The highest BCUT2D eigenvalue weighted by atomic mass is 79.9. The Balaban J connectivity index is 1.72. The molecule has 1 aliphatic heterocycles. The lowest BCUT2D eigenvalue weighted by atomic mass is 9.96. The molecule has 2 heterocycles. The van der Waals surface area contributed by atoms with E-state index in [4.69, 9.17) is 0 Å². The van der Waals surface area contributed by atoms with Gasteiger partial charge >= 0.3 is 11.1 Å². The first-order valence-electron chi connectivity index (χ1n) is 8.76. The maximum absolute atomic E-state index is 12.6. The number of aromatic amines is 1. The number of carbonyl (C=O) groups excluding carboxylic acids is 1. The van der Waals surface area contributed by atoms with E-state index in [-0.39, 0.29) is 18.4 Å². The van der Waals surface area contributed by atoms with Crippen LogP contribution in [-0.2, 0) is 11.2 Å². The Morgan fingerprint density at radius 1 is 1.30 bits per heavy atom. The van der Waals surface area contributed by atoms with Crippen LogP contribution in [0.25, 0.3) is 11.0 Å². The topological polar surface area (TPSA) is 84.0 Å². The van der Waals surface area contributed by atoms with Gasteiger partial charge in [0.2, 0.25) is 5.91 Å². The monoisotopic (exact) mass is 427 g/mol. The molecule has 1 amide bonds. The lowest BCUT2D eigenvalue weighted by Gasteiger charge is -2.27. The van der Waals surface area contributed by atoms with Crippen LogP contribution in [0.5, 0.6) is 0 Å². The van der Waals surface area contributed by atoms with Gasteiger partial charge in [-0.1, -0.05) is 34.1 Å². The minimum atomic E-state index is -0.669. The van der Waals surface area contributed by atoms with Crippen LogP contribution >= 0.6 is 15.9 Å². The van der Waals surface area contributed by atoms with Crippen molar-refractivity contribution < 1.29 is 4.79 Å². The summed E-state index contributed by atoms with van der Waals surface area (Å²) in [5.41, 5.74) is 2.75. The van der Waals surface area contributed by atoms with Crippen LogP contribution in [0, 0.1) is 6.92 Å². The number of anilines is 1. The van der Waals surface area contributed by atoms with Gasteiger partial charge in [-0.25, -0.2) is 0 Å². The Kier molecular flexibility index (Phi) is 4.47. The number of halogens is 1. The normalized spacial score (nSPS) is 15.7. The van der Waals surface area contributed by atoms with Crippen LogP contribution in [0.2, 0.25) is 0 Å². The molecule has 4 rings (SSSR count). The number of H-pyrrole nitrogens is 1. The SMILES string of the molecule is Cc1ccccc1NC(=O)CC1CCc2cc(Br)cc3[nH]c(=O)c(=O)n1c23. The van der Waals surface area contributed by atoms with Gasteiger partial charge < -0.3 is 10.3 Å². The molecule has 0 bridgehead atoms. The maximum atomic E-state index is 12.6. The number of para-hydroxylation sites is 1. The molecule has 1 atom stereocenters. The number of carbonyl (C=O) groups is 1. The van der Waals surface area contributed by atoms with Crippen molar-refractivity contribution in [3.8, 4) is 0 Å². The summed E-state index contributed by atoms with van der Waals surface area (Å²) >= 11 is 3.44. The van der Waals surface area contributed by atoms with Crippen LogP contribution in [0.3, 0.4) is 0 Å². The Morgan fingerprint density at radius 2 is 2.07 bits per heavy atom. The summed E-state index contributed by atoms with van der Waals surface area (Å²) in [6.07, 6.45) is 1.51. The number of nitrogens with zero attached hydrogens (tertiary/aromatic N) is 1. The van der Waals surface area contributed by atoms with E-state index in [0.29, 0.717) is 17.5 Å². The zero-order valence-electron chi connectivity index (χ0n) is 14.7. The van der Waals surface area contributed by atoms with Gasteiger partial charge in [0.15, 0.2) is 0 Å². The number of aromatic nitrogens is 2. The molecule has 0 spiro atoms.